The van der Waals surface area contributed by atoms with Gasteiger partial charge >= 0.3 is 5.69 Å². The van der Waals surface area contributed by atoms with Crippen LogP contribution in [0.1, 0.15) is 11.1 Å². The van der Waals surface area contributed by atoms with Gasteiger partial charge in [-0.1, -0.05) is 12.1 Å². The van der Waals surface area contributed by atoms with Gasteiger partial charge in [-0.05, 0) is 48.9 Å². The van der Waals surface area contributed by atoms with Crippen molar-refractivity contribution in [2.24, 2.45) is 4.99 Å². The quantitative estimate of drug-likeness (QED) is 0.279. The van der Waals surface area contributed by atoms with E-state index in [0.717, 1.165) is 11.1 Å². The Morgan fingerprint density at radius 3 is 2.80 bits per heavy atom. The van der Waals surface area contributed by atoms with E-state index in [1.165, 1.54) is 31.5 Å². The second-order valence-electron chi connectivity index (χ2n) is 6.61. The average Bonchev–Trinajstić information content (AvgIpc) is 3.15. The third-order valence-electron chi connectivity index (χ3n) is 4.55. The second-order valence-corrected chi connectivity index (χ2v) is 6.61. The van der Waals surface area contributed by atoms with Crippen LogP contribution in [0.15, 0.2) is 64.0 Å². The van der Waals surface area contributed by atoms with Crippen LogP contribution in [0.3, 0.4) is 0 Å². The molecule has 1 N–H and O–H groups in total. The van der Waals surface area contributed by atoms with E-state index in [0.29, 0.717) is 28.5 Å². The van der Waals surface area contributed by atoms with Gasteiger partial charge in [0.1, 0.15) is 17.0 Å². The Balaban J connectivity index is 1.74. The van der Waals surface area contributed by atoms with Crippen molar-refractivity contribution >= 4 is 28.7 Å². The van der Waals surface area contributed by atoms with Crippen LogP contribution >= 0.6 is 0 Å². The van der Waals surface area contributed by atoms with Crippen molar-refractivity contribution in [2.75, 3.05) is 7.11 Å². The fourth-order valence-corrected chi connectivity index (χ4v) is 3.02. The van der Waals surface area contributed by atoms with Crippen LogP contribution < -0.4 is 4.74 Å². The Morgan fingerprint density at radius 2 is 2.03 bits per heavy atom. The van der Waals surface area contributed by atoms with E-state index < -0.39 is 10.7 Å². The van der Waals surface area contributed by atoms with E-state index in [9.17, 15) is 15.2 Å². The number of ether oxygens (including phenoxy) is 1. The molecule has 0 unspecified atom stereocenters. The van der Waals surface area contributed by atoms with Crippen molar-refractivity contribution in [3.8, 4) is 23.0 Å². The molecule has 0 saturated heterocycles. The van der Waals surface area contributed by atoms with Crippen LogP contribution in [-0.2, 0) is 0 Å². The Kier molecular flexibility index (Phi) is 4.89. The van der Waals surface area contributed by atoms with Gasteiger partial charge in [0.05, 0.1) is 12.0 Å². The topological polar surface area (TPSA) is 111 Å². The number of methoxy groups -OCH3 is 1. The van der Waals surface area contributed by atoms with Crippen molar-refractivity contribution in [3.63, 3.8) is 0 Å². The van der Waals surface area contributed by atoms with Gasteiger partial charge in [0.25, 0.3) is 0 Å². The maximum absolute atomic E-state index is 11.0. The summed E-state index contributed by atoms with van der Waals surface area (Å²) in [5, 5.41) is 21.1. The summed E-state index contributed by atoms with van der Waals surface area (Å²) in [4.78, 5) is 19.2. The lowest BCUT2D eigenvalue weighted by Crippen LogP contribution is -1.92. The van der Waals surface area contributed by atoms with Gasteiger partial charge in [0.2, 0.25) is 11.6 Å². The Morgan fingerprint density at radius 1 is 1.20 bits per heavy atom. The van der Waals surface area contributed by atoms with Crippen LogP contribution in [-0.4, -0.2) is 28.3 Å². The normalized spacial score (nSPS) is 11.3. The van der Waals surface area contributed by atoms with E-state index >= 15 is 0 Å². The van der Waals surface area contributed by atoms with Gasteiger partial charge < -0.3 is 14.3 Å². The molecule has 4 aromatic rings. The van der Waals surface area contributed by atoms with Crippen LogP contribution in [0.5, 0.6) is 11.5 Å². The number of aromatic nitrogens is 1. The number of aromatic hydroxyl groups is 1. The molecule has 0 aliphatic rings. The zero-order valence-corrected chi connectivity index (χ0v) is 16.2. The SMILES string of the molecule is COc1ccc(-c2nc3cc(C)ccc3o2)cc1N=Cc1cccc([N+](=O)[O-])c1O. The smallest absolute Gasteiger partial charge is 0.311 e. The molecule has 150 valence electrons. The summed E-state index contributed by atoms with van der Waals surface area (Å²) >= 11 is 0. The summed E-state index contributed by atoms with van der Waals surface area (Å²) in [7, 11) is 1.51. The number of oxazole rings is 1. The third-order valence-corrected chi connectivity index (χ3v) is 4.55. The molecule has 0 aliphatic carbocycles. The first-order valence-electron chi connectivity index (χ1n) is 9.02. The predicted octanol–water partition coefficient (Wildman–Crippen LogP) is 5.18. The minimum atomic E-state index is -0.650. The van der Waals surface area contributed by atoms with Crippen molar-refractivity contribution in [1.82, 2.24) is 4.98 Å². The molecule has 1 heterocycles. The number of aliphatic imine (C=N–C) groups is 1. The largest absolute Gasteiger partial charge is 0.502 e. The van der Waals surface area contributed by atoms with Gasteiger partial charge in [0.15, 0.2) is 5.58 Å². The zero-order valence-electron chi connectivity index (χ0n) is 16.2. The summed E-state index contributed by atoms with van der Waals surface area (Å²) in [5.41, 5.74) is 3.50. The molecule has 8 heteroatoms. The first-order chi connectivity index (χ1) is 14.5. The molecule has 0 bridgehead atoms. The van der Waals surface area contributed by atoms with E-state index in [4.69, 9.17) is 9.15 Å². The molecule has 0 radical (unpaired) electrons. The van der Waals surface area contributed by atoms with Gasteiger partial charge in [0, 0.05) is 23.4 Å². The van der Waals surface area contributed by atoms with E-state index in [2.05, 4.69) is 9.98 Å². The van der Waals surface area contributed by atoms with Gasteiger partial charge in [-0.2, -0.15) is 0 Å². The molecule has 0 aliphatic heterocycles. The third kappa shape index (κ3) is 3.58. The fraction of sp³-hybridized carbons (Fsp3) is 0.0909. The molecular formula is C22H17N3O5. The number of rotatable bonds is 5. The number of nitro benzene ring substituents is 1. The molecule has 0 saturated carbocycles. The summed E-state index contributed by atoms with van der Waals surface area (Å²) in [6.45, 7) is 1.98. The summed E-state index contributed by atoms with van der Waals surface area (Å²) in [6, 6.07) is 15.3. The molecule has 1 aromatic heterocycles. The minimum Gasteiger partial charge on any atom is -0.502 e. The average molecular weight is 403 g/mol. The number of hydrogen-bond acceptors (Lipinski definition) is 7. The highest BCUT2D eigenvalue weighted by atomic mass is 16.6. The van der Waals surface area contributed by atoms with Crippen molar-refractivity contribution < 1.29 is 19.2 Å². The van der Waals surface area contributed by atoms with E-state index in [1.807, 2.05) is 25.1 Å². The Labute approximate surface area is 171 Å². The van der Waals surface area contributed by atoms with Gasteiger partial charge in [-0.15, -0.1) is 0 Å². The summed E-state index contributed by atoms with van der Waals surface area (Å²) < 4.78 is 11.2. The lowest BCUT2D eigenvalue weighted by atomic mass is 10.1. The van der Waals surface area contributed by atoms with E-state index in [1.54, 1.807) is 18.2 Å². The van der Waals surface area contributed by atoms with Crippen LogP contribution in [0.2, 0.25) is 0 Å². The zero-order chi connectivity index (χ0) is 21.3. The highest BCUT2D eigenvalue weighted by molar-refractivity contribution is 5.88. The number of hydrogen-bond donors (Lipinski definition) is 1. The highest BCUT2D eigenvalue weighted by Crippen LogP contribution is 2.34. The second kappa shape index (κ2) is 7.67. The first kappa shape index (κ1) is 19.1. The summed E-state index contributed by atoms with van der Waals surface area (Å²) in [5.74, 6) is 0.482. The predicted molar refractivity (Wildman–Crippen MR) is 113 cm³/mol. The number of benzene rings is 3. The van der Waals surface area contributed by atoms with Crippen molar-refractivity contribution in [2.45, 2.75) is 6.92 Å². The van der Waals surface area contributed by atoms with Crippen molar-refractivity contribution in [1.29, 1.82) is 0 Å². The molecule has 4 rings (SSSR count). The molecule has 0 spiro atoms. The number of nitro groups is 1. The number of para-hydroxylation sites is 1. The van der Waals surface area contributed by atoms with Gasteiger partial charge in [-0.3, -0.25) is 15.1 Å². The lowest BCUT2D eigenvalue weighted by molar-refractivity contribution is -0.385. The maximum atomic E-state index is 11.0. The maximum Gasteiger partial charge on any atom is 0.311 e. The first-order valence-corrected chi connectivity index (χ1v) is 9.02. The summed E-state index contributed by atoms with van der Waals surface area (Å²) in [6.07, 6.45) is 1.35. The standard InChI is InChI=1S/C22H17N3O5/c1-13-6-8-20-17(10-13)24-22(30-20)14-7-9-19(29-2)16(11-14)23-12-15-4-3-5-18(21(15)26)25(27)28/h3-12,26H,1-2H3. The molecule has 30 heavy (non-hydrogen) atoms. The molecule has 8 nitrogen and oxygen atoms in total. The molecule has 0 amide bonds. The lowest BCUT2D eigenvalue weighted by Gasteiger charge is -2.06. The Hall–Kier alpha value is -4.20. The molecule has 3 aromatic carbocycles. The number of phenolic OH excluding ortho intramolecular Hbond substituents is 1. The monoisotopic (exact) mass is 403 g/mol. The Bertz CT molecular complexity index is 1290. The minimum absolute atomic E-state index is 0.217. The molecule has 0 atom stereocenters. The van der Waals surface area contributed by atoms with Gasteiger partial charge in [-0.25, -0.2) is 4.98 Å². The van der Waals surface area contributed by atoms with E-state index in [-0.39, 0.29) is 11.3 Å². The van der Waals surface area contributed by atoms with Crippen LogP contribution in [0.25, 0.3) is 22.6 Å². The van der Waals surface area contributed by atoms with Crippen LogP contribution in [0, 0.1) is 17.0 Å². The molecule has 0 fully saturated rings. The van der Waals surface area contributed by atoms with Crippen LogP contribution in [0.4, 0.5) is 11.4 Å². The number of fused-ring (bicyclic) bond motifs is 1. The number of phenols is 1. The fourth-order valence-electron chi connectivity index (χ4n) is 3.02. The van der Waals surface area contributed by atoms with Crippen molar-refractivity contribution in [3.05, 3.63) is 75.8 Å². The molecular weight excluding hydrogens is 386 g/mol. The number of nitrogens with zero attached hydrogens (tertiary/aromatic N) is 3. The highest BCUT2D eigenvalue weighted by Gasteiger charge is 2.16. The number of aryl methyl sites for hydroxylation is 1.